The van der Waals surface area contributed by atoms with E-state index in [4.69, 9.17) is 15.2 Å². The predicted molar refractivity (Wildman–Crippen MR) is 101 cm³/mol. The zero-order valence-electron chi connectivity index (χ0n) is 15.3. The van der Waals surface area contributed by atoms with Gasteiger partial charge in [-0.05, 0) is 60.7 Å². The van der Waals surface area contributed by atoms with Gasteiger partial charge in [0.05, 0.1) is 0 Å². The second kappa shape index (κ2) is 8.53. The van der Waals surface area contributed by atoms with E-state index in [1.165, 1.54) is 7.11 Å². The minimum Gasteiger partial charge on any atom is -0.489 e. The largest absolute Gasteiger partial charge is 0.489 e. The van der Waals surface area contributed by atoms with Crippen LogP contribution < -0.4 is 15.8 Å². The van der Waals surface area contributed by atoms with Crippen LogP contribution in [0.2, 0.25) is 0 Å². The van der Waals surface area contributed by atoms with Gasteiger partial charge < -0.3 is 20.5 Å². The van der Waals surface area contributed by atoms with Crippen molar-refractivity contribution < 1.29 is 14.3 Å². The van der Waals surface area contributed by atoms with Crippen LogP contribution in [0.4, 0.5) is 11.4 Å². The van der Waals surface area contributed by atoms with Gasteiger partial charge in [0.15, 0.2) is 0 Å². The molecule has 0 saturated heterocycles. The first-order valence-electron chi connectivity index (χ1n) is 8.35. The molecule has 0 bridgehead atoms. The fourth-order valence-electron chi connectivity index (χ4n) is 2.59. The molecule has 0 radical (unpaired) electrons. The molecule has 134 valence electrons. The lowest BCUT2D eigenvalue weighted by Gasteiger charge is -2.15. The number of rotatable bonds is 7. The first kappa shape index (κ1) is 18.8. The van der Waals surface area contributed by atoms with Crippen LogP contribution in [0.5, 0.6) is 5.75 Å². The highest BCUT2D eigenvalue weighted by Crippen LogP contribution is 2.27. The summed E-state index contributed by atoms with van der Waals surface area (Å²) in [6, 6.07) is 9.73. The van der Waals surface area contributed by atoms with Gasteiger partial charge >= 0.3 is 0 Å². The molecule has 3 N–H and O–H groups in total. The molecule has 0 fully saturated rings. The molecule has 2 aromatic rings. The summed E-state index contributed by atoms with van der Waals surface area (Å²) in [4.78, 5) is 11.8. The lowest BCUT2D eigenvalue weighted by molar-refractivity contribution is -0.119. The van der Waals surface area contributed by atoms with Crippen molar-refractivity contribution in [1.29, 1.82) is 0 Å². The summed E-state index contributed by atoms with van der Waals surface area (Å²) < 4.78 is 10.8. The highest BCUT2D eigenvalue weighted by Gasteiger charge is 2.09. The van der Waals surface area contributed by atoms with Gasteiger partial charge in [-0.3, -0.25) is 4.79 Å². The molecular weight excluding hydrogens is 316 g/mol. The fraction of sp³-hybridized carbons (Fsp3) is 0.350. The zero-order valence-corrected chi connectivity index (χ0v) is 15.3. The van der Waals surface area contributed by atoms with Crippen molar-refractivity contribution in [2.75, 3.05) is 24.8 Å². The van der Waals surface area contributed by atoms with E-state index in [0.29, 0.717) is 6.61 Å². The Morgan fingerprint density at radius 2 is 1.92 bits per heavy atom. The van der Waals surface area contributed by atoms with Crippen molar-refractivity contribution in [1.82, 2.24) is 0 Å². The molecule has 0 aromatic heterocycles. The second-order valence-corrected chi connectivity index (χ2v) is 6.02. The SMILES string of the molecule is CCc1ccc(COc2ccc(N)c(C)c2C)cc1NC(=O)COC. The van der Waals surface area contributed by atoms with Crippen molar-refractivity contribution in [2.45, 2.75) is 33.8 Å². The van der Waals surface area contributed by atoms with Crippen molar-refractivity contribution in [2.24, 2.45) is 0 Å². The predicted octanol–water partition coefficient (Wildman–Crippen LogP) is 3.61. The number of nitrogen functional groups attached to an aromatic ring is 1. The Bertz CT molecular complexity index is 757. The van der Waals surface area contributed by atoms with Crippen LogP contribution in [0.1, 0.15) is 29.2 Å². The van der Waals surface area contributed by atoms with Gasteiger partial charge in [0.2, 0.25) is 5.91 Å². The molecule has 0 aliphatic rings. The minimum absolute atomic E-state index is 0.0355. The summed E-state index contributed by atoms with van der Waals surface area (Å²) in [6.45, 7) is 6.49. The standard InChI is InChI=1S/C20H26N2O3/c1-5-16-7-6-15(10-18(16)22-20(23)12-24-4)11-25-19-9-8-17(21)13(2)14(19)3/h6-10H,5,11-12,21H2,1-4H3,(H,22,23). The molecule has 0 spiro atoms. The quantitative estimate of drug-likeness (QED) is 0.754. The van der Waals surface area contributed by atoms with E-state index in [-0.39, 0.29) is 12.5 Å². The molecule has 0 aliphatic heterocycles. The summed E-state index contributed by atoms with van der Waals surface area (Å²) in [6.07, 6.45) is 0.833. The maximum absolute atomic E-state index is 11.8. The average Bonchev–Trinajstić information content (AvgIpc) is 2.59. The average molecular weight is 342 g/mol. The molecule has 5 heteroatoms. The number of hydrogen-bond acceptors (Lipinski definition) is 4. The third-order valence-electron chi connectivity index (χ3n) is 4.28. The van der Waals surface area contributed by atoms with E-state index in [1.54, 1.807) is 0 Å². The van der Waals surface area contributed by atoms with Crippen LogP contribution in [-0.2, 0) is 22.6 Å². The van der Waals surface area contributed by atoms with Crippen LogP contribution >= 0.6 is 0 Å². The molecule has 25 heavy (non-hydrogen) atoms. The number of ether oxygens (including phenoxy) is 2. The molecule has 0 saturated carbocycles. The van der Waals surface area contributed by atoms with Crippen molar-refractivity contribution in [3.8, 4) is 5.75 Å². The number of anilines is 2. The normalized spacial score (nSPS) is 10.6. The van der Waals surface area contributed by atoms with Crippen LogP contribution in [0.25, 0.3) is 0 Å². The fourth-order valence-corrected chi connectivity index (χ4v) is 2.59. The Morgan fingerprint density at radius 3 is 2.60 bits per heavy atom. The first-order chi connectivity index (χ1) is 12.0. The van der Waals surface area contributed by atoms with Crippen molar-refractivity contribution >= 4 is 17.3 Å². The smallest absolute Gasteiger partial charge is 0.250 e. The lowest BCUT2D eigenvalue weighted by Crippen LogP contribution is -2.18. The number of carbonyl (C=O) groups excluding carboxylic acids is 1. The summed E-state index contributed by atoms with van der Waals surface area (Å²) in [5.41, 5.74) is 11.6. The highest BCUT2D eigenvalue weighted by molar-refractivity contribution is 5.92. The van der Waals surface area contributed by atoms with E-state index in [0.717, 1.165) is 45.8 Å². The zero-order chi connectivity index (χ0) is 18.4. The van der Waals surface area contributed by atoms with Gasteiger partial charge in [-0.25, -0.2) is 0 Å². The van der Waals surface area contributed by atoms with Gasteiger partial charge in [0.1, 0.15) is 19.0 Å². The van der Waals surface area contributed by atoms with Crippen molar-refractivity contribution in [3.05, 3.63) is 52.6 Å². The van der Waals surface area contributed by atoms with Gasteiger partial charge in [-0.15, -0.1) is 0 Å². The monoisotopic (exact) mass is 342 g/mol. The maximum Gasteiger partial charge on any atom is 0.250 e. The van der Waals surface area contributed by atoms with E-state index < -0.39 is 0 Å². The number of nitrogens with two attached hydrogens (primary N) is 1. The summed E-state index contributed by atoms with van der Waals surface area (Å²) >= 11 is 0. The molecular formula is C20H26N2O3. The molecule has 1 amide bonds. The number of carbonyl (C=O) groups is 1. The molecule has 0 aliphatic carbocycles. The number of methoxy groups -OCH3 is 1. The molecule has 0 atom stereocenters. The first-order valence-corrected chi connectivity index (χ1v) is 8.35. The Hall–Kier alpha value is -2.53. The van der Waals surface area contributed by atoms with Crippen LogP contribution in [-0.4, -0.2) is 19.6 Å². The van der Waals surface area contributed by atoms with E-state index in [1.807, 2.05) is 44.2 Å². The molecule has 2 rings (SSSR count). The Labute approximate surface area is 149 Å². The number of aryl methyl sites for hydroxylation is 1. The topological polar surface area (TPSA) is 73.6 Å². The Morgan fingerprint density at radius 1 is 1.16 bits per heavy atom. The van der Waals surface area contributed by atoms with Crippen LogP contribution in [0.15, 0.2) is 30.3 Å². The number of benzene rings is 2. The van der Waals surface area contributed by atoms with Gasteiger partial charge in [0.25, 0.3) is 0 Å². The third-order valence-corrected chi connectivity index (χ3v) is 4.28. The van der Waals surface area contributed by atoms with E-state index >= 15 is 0 Å². The van der Waals surface area contributed by atoms with E-state index in [9.17, 15) is 4.79 Å². The minimum atomic E-state index is -0.166. The van der Waals surface area contributed by atoms with Crippen LogP contribution in [0.3, 0.4) is 0 Å². The third kappa shape index (κ3) is 4.73. The summed E-state index contributed by atoms with van der Waals surface area (Å²) in [7, 11) is 1.50. The number of amides is 1. The number of hydrogen-bond donors (Lipinski definition) is 2. The molecule has 0 heterocycles. The molecule has 0 unspecified atom stereocenters. The molecule has 5 nitrogen and oxygen atoms in total. The van der Waals surface area contributed by atoms with Crippen LogP contribution in [0, 0.1) is 13.8 Å². The Balaban J connectivity index is 2.15. The van der Waals surface area contributed by atoms with E-state index in [2.05, 4.69) is 12.2 Å². The second-order valence-electron chi connectivity index (χ2n) is 6.02. The summed E-state index contributed by atoms with van der Waals surface area (Å²) in [5, 5.41) is 2.89. The number of nitrogens with one attached hydrogen (secondary N) is 1. The molecule has 2 aromatic carbocycles. The van der Waals surface area contributed by atoms with Crippen molar-refractivity contribution in [3.63, 3.8) is 0 Å². The lowest BCUT2D eigenvalue weighted by atomic mass is 10.1. The maximum atomic E-state index is 11.8. The van der Waals surface area contributed by atoms with Gasteiger partial charge in [-0.2, -0.15) is 0 Å². The summed E-state index contributed by atoms with van der Waals surface area (Å²) in [5.74, 6) is 0.650. The van der Waals surface area contributed by atoms with Gasteiger partial charge in [0, 0.05) is 18.5 Å². The Kier molecular flexibility index (Phi) is 6.42. The highest BCUT2D eigenvalue weighted by atomic mass is 16.5. The van der Waals surface area contributed by atoms with Gasteiger partial charge in [-0.1, -0.05) is 19.1 Å².